The van der Waals surface area contributed by atoms with Crippen molar-refractivity contribution in [3.05, 3.63) is 32.2 Å². The molecule has 4 aromatic rings. The highest BCUT2D eigenvalue weighted by Crippen LogP contribution is 2.43. The fourth-order valence-corrected chi connectivity index (χ4v) is 7.36. The van der Waals surface area contributed by atoms with Gasteiger partial charge in [0.15, 0.2) is 10.3 Å². The third kappa shape index (κ3) is 6.67. The van der Waals surface area contributed by atoms with Crippen molar-refractivity contribution in [2.45, 2.75) is 50.4 Å². The van der Waals surface area contributed by atoms with Gasteiger partial charge in [-0.25, -0.2) is 9.97 Å². The molecule has 0 spiro atoms. The van der Waals surface area contributed by atoms with Crippen LogP contribution in [-0.4, -0.2) is 56.3 Å². The van der Waals surface area contributed by atoms with Crippen LogP contribution in [0.3, 0.4) is 0 Å². The molecule has 0 bridgehead atoms. The Morgan fingerprint density at radius 1 is 0.763 bits per heavy atom. The van der Waals surface area contributed by atoms with Crippen LogP contribution in [0.5, 0.6) is 0 Å². The van der Waals surface area contributed by atoms with E-state index in [-0.39, 0.29) is 36.5 Å². The van der Waals surface area contributed by atoms with E-state index in [0.717, 1.165) is 57.3 Å². The molecule has 5 rings (SSSR count). The molecule has 1 fully saturated rings. The van der Waals surface area contributed by atoms with Crippen LogP contribution >= 0.6 is 45.3 Å². The Balaban J connectivity index is 1.14. The van der Waals surface area contributed by atoms with E-state index in [0.29, 0.717) is 10.3 Å². The van der Waals surface area contributed by atoms with Crippen LogP contribution in [0.1, 0.15) is 58.9 Å². The van der Waals surface area contributed by atoms with Crippen molar-refractivity contribution in [1.29, 1.82) is 0 Å². The second-order valence-electron chi connectivity index (χ2n) is 8.69. The number of carbonyl (C=O) groups is 2. The van der Waals surface area contributed by atoms with Gasteiger partial charge in [0.2, 0.25) is 22.1 Å². The molecule has 4 aromatic heterocycles. The number of nitrogens with zero attached hydrogens (tertiary/aromatic N) is 6. The fraction of sp³-hybridized carbons (Fsp3) is 0.455. The second kappa shape index (κ2) is 12.2. The van der Waals surface area contributed by atoms with E-state index in [2.05, 4.69) is 51.6 Å². The van der Waals surface area contributed by atoms with Gasteiger partial charge in [-0.1, -0.05) is 29.1 Å². The number of rotatable bonds is 10. The van der Waals surface area contributed by atoms with E-state index in [1.54, 1.807) is 14.1 Å². The van der Waals surface area contributed by atoms with Gasteiger partial charge in [0.1, 0.15) is 10.0 Å². The third-order valence-corrected chi connectivity index (χ3v) is 9.78. The van der Waals surface area contributed by atoms with Crippen LogP contribution < -0.4 is 21.3 Å². The van der Waals surface area contributed by atoms with Gasteiger partial charge in [-0.3, -0.25) is 9.59 Å². The highest BCUT2D eigenvalue weighted by molar-refractivity contribution is 7.16. The molecule has 200 valence electrons. The highest BCUT2D eigenvalue weighted by atomic mass is 32.1. The molecule has 2 unspecified atom stereocenters. The van der Waals surface area contributed by atoms with Gasteiger partial charge in [-0.15, -0.1) is 43.1 Å². The molecule has 0 saturated heterocycles. The molecule has 0 aromatic carbocycles. The third-order valence-electron chi connectivity index (χ3n) is 5.96. The summed E-state index contributed by atoms with van der Waals surface area (Å²) >= 11 is 5.77. The summed E-state index contributed by atoms with van der Waals surface area (Å²) in [6.45, 7) is 0. The van der Waals surface area contributed by atoms with Crippen molar-refractivity contribution < 1.29 is 9.59 Å². The molecule has 16 heteroatoms. The standard InChI is InChI=1S/C22H26N10O2S4/c1-23-19-25-13(9-35-19)7-15(33)27-21-31-29-17(37-21)11-4-3-5-12(6-11)18-30-32-22(38-18)28-16(34)8-14-10-36-20(24-2)26-14/h9-12H,3-8H2,1-2H3,(H,23,25)(H,24,26)(H,27,31,33)(H,28,32,34). The first-order chi connectivity index (χ1) is 18.5. The van der Waals surface area contributed by atoms with E-state index in [1.807, 2.05) is 10.8 Å². The van der Waals surface area contributed by atoms with Gasteiger partial charge in [-0.2, -0.15) is 0 Å². The molecule has 0 radical (unpaired) electrons. The molecule has 4 heterocycles. The number of carbonyl (C=O) groups excluding carboxylic acids is 2. The van der Waals surface area contributed by atoms with Crippen molar-refractivity contribution in [3.63, 3.8) is 0 Å². The maximum Gasteiger partial charge on any atom is 0.232 e. The molecule has 12 nitrogen and oxygen atoms in total. The van der Waals surface area contributed by atoms with Crippen molar-refractivity contribution in [2.75, 3.05) is 35.4 Å². The smallest absolute Gasteiger partial charge is 0.232 e. The van der Waals surface area contributed by atoms with Crippen LogP contribution in [0, 0.1) is 0 Å². The lowest BCUT2D eigenvalue weighted by atomic mass is 9.82. The van der Waals surface area contributed by atoms with Crippen molar-refractivity contribution >= 4 is 77.7 Å². The predicted octanol–water partition coefficient (Wildman–Crippen LogP) is 4.19. The molecular weight excluding hydrogens is 565 g/mol. The van der Waals surface area contributed by atoms with E-state index in [9.17, 15) is 9.59 Å². The van der Waals surface area contributed by atoms with Gasteiger partial charge in [0.25, 0.3) is 0 Å². The SMILES string of the molecule is CNc1nc(CC(=O)Nc2nnc(C3CCCC(c4nnc(NC(=O)Cc5csc(NC)n5)s4)C3)s2)cs1. The molecule has 2 atom stereocenters. The van der Waals surface area contributed by atoms with E-state index < -0.39 is 0 Å². The lowest BCUT2D eigenvalue weighted by Crippen LogP contribution is -2.14. The number of amides is 2. The maximum absolute atomic E-state index is 12.4. The maximum atomic E-state index is 12.4. The number of nitrogens with one attached hydrogen (secondary N) is 4. The van der Waals surface area contributed by atoms with Gasteiger partial charge >= 0.3 is 0 Å². The van der Waals surface area contributed by atoms with E-state index >= 15 is 0 Å². The number of hydrogen-bond acceptors (Lipinski definition) is 14. The minimum atomic E-state index is -0.164. The Morgan fingerprint density at radius 2 is 1.24 bits per heavy atom. The first-order valence-electron chi connectivity index (χ1n) is 12.0. The normalized spacial score (nSPS) is 17.2. The monoisotopic (exact) mass is 590 g/mol. The number of anilines is 4. The summed E-state index contributed by atoms with van der Waals surface area (Å²) < 4.78 is 0. The summed E-state index contributed by atoms with van der Waals surface area (Å²) in [5, 5.41) is 36.9. The molecule has 2 amide bonds. The Hall–Kier alpha value is -3.08. The molecular formula is C22H26N10O2S4. The Bertz CT molecular complexity index is 1290. The average molecular weight is 591 g/mol. The molecule has 1 aliphatic carbocycles. The number of hydrogen-bond donors (Lipinski definition) is 4. The zero-order valence-corrected chi connectivity index (χ0v) is 24.0. The summed E-state index contributed by atoms with van der Waals surface area (Å²) in [4.78, 5) is 33.5. The molecule has 1 saturated carbocycles. The van der Waals surface area contributed by atoms with Gasteiger partial charge in [-0.05, 0) is 19.3 Å². The Labute approximate surface area is 234 Å². The van der Waals surface area contributed by atoms with Crippen LogP contribution in [-0.2, 0) is 22.4 Å². The van der Waals surface area contributed by atoms with Crippen molar-refractivity contribution in [3.8, 4) is 0 Å². The first-order valence-corrected chi connectivity index (χ1v) is 15.4. The zero-order valence-electron chi connectivity index (χ0n) is 20.7. The predicted molar refractivity (Wildman–Crippen MR) is 152 cm³/mol. The zero-order chi connectivity index (χ0) is 26.5. The minimum absolute atomic E-state index is 0.164. The summed E-state index contributed by atoms with van der Waals surface area (Å²) in [7, 11) is 3.60. The van der Waals surface area contributed by atoms with Crippen LogP contribution in [0.25, 0.3) is 0 Å². The molecule has 0 aliphatic heterocycles. The van der Waals surface area contributed by atoms with Gasteiger partial charge in [0.05, 0.1) is 24.2 Å². The molecule has 38 heavy (non-hydrogen) atoms. The summed E-state index contributed by atoms with van der Waals surface area (Å²) in [5.41, 5.74) is 1.44. The number of thiazole rings is 2. The lowest BCUT2D eigenvalue weighted by Gasteiger charge is -2.25. The largest absolute Gasteiger partial charge is 0.365 e. The van der Waals surface area contributed by atoms with E-state index in [1.165, 1.54) is 45.3 Å². The average Bonchev–Trinajstić information content (AvgIpc) is 3.72. The quantitative estimate of drug-likeness (QED) is 0.211. The van der Waals surface area contributed by atoms with Crippen molar-refractivity contribution in [1.82, 2.24) is 30.4 Å². The van der Waals surface area contributed by atoms with Crippen LogP contribution in [0.4, 0.5) is 20.5 Å². The van der Waals surface area contributed by atoms with Crippen molar-refractivity contribution in [2.24, 2.45) is 0 Å². The van der Waals surface area contributed by atoms with Gasteiger partial charge in [0, 0.05) is 36.7 Å². The van der Waals surface area contributed by atoms with Crippen LogP contribution in [0.15, 0.2) is 10.8 Å². The minimum Gasteiger partial charge on any atom is -0.365 e. The fourth-order valence-electron chi connectivity index (χ4n) is 4.20. The molecule has 1 aliphatic rings. The summed E-state index contributed by atoms with van der Waals surface area (Å²) in [6.07, 6.45) is 4.31. The lowest BCUT2D eigenvalue weighted by molar-refractivity contribution is -0.116. The van der Waals surface area contributed by atoms with Crippen LogP contribution in [0.2, 0.25) is 0 Å². The summed E-state index contributed by atoms with van der Waals surface area (Å²) in [5.74, 6) is 0.147. The first kappa shape index (κ1) is 26.5. The highest BCUT2D eigenvalue weighted by Gasteiger charge is 2.29. The Kier molecular flexibility index (Phi) is 8.51. The molecule has 4 N–H and O–H groups in total. The summed E-state index contributed by atoms with van der Waals surface area (Å²) in [6, 6.07) is 0. The second-order valence-corrected chi connectivity index (χ2v) is 12.4. The Morgan fingerprint density at radius 3 is 1.66 bits per heavy atom. The van der Waals surface area contributed by atoms with E-state index in [4.69, 9.17) is 0 Å². The topological polar surface area (TPSA) is 160 Å². The number of aromatic nitrogens is 6. The van der Waals surface area contributed by atoms with Gasteiger partial charge < -0.3 is 21.3 Å².